The molecule has 1 aromatic rings. The Balaban J connectivity index is 1.96. The lowest BCUT2D eigenvalue weighted by Gasteiger charge is -2.26. The Labute approximate surface area is 114 Å². The molecule has 108 valence electrons. The summed E-state index contributed by atoms with van der Waals surface area (Å²) in [5, 5.41) is 22.5. The number of benzene rings is 1. The Morgan fingerprint density at radius 3 is 2.60 bits per heavy atom. The third-order valence-corrected chi connectivity index (χ3v) is 2.76. The molecule has 20 heavy (non-hydrogen) atoms. The van der Waals surface area contributed by atoms with E-state index >= 15 is 0 Å². The summed E-state index contributed by atoms with van der Waals surface area (Å²) in [5.74, 6) is -1.61. The minimum atomic E-state index is -1.26. The molecule has 0 atom stereocenters. The number of phenols is 1. The predicted molar refractivity (Wildman–Crippen MR) is 69.6 cm³/mol. The molecule has 1 aromatic carbocycles. The van der Waals surface area contributed by atoms with Gasteiger partial charge in [0.2, 0.25) is 0 Å². The molecule has 0 radical (unpaired) electrons. The Hall–Kier alpha value is -2.32. The van der Waals surface area contributed by atoms with Gasteiger partial charge in [-0.2, -0.15) is 0 Å². The van der Waals surface area contributed by atoms with Crippen molar-refractivity contribution in [3.05, 3.63) is 23.8 Å². The van der Waals surface area contributed by atoms with Crippen LogP contribution < -0.4 is 10.7 Å². The average molecular weight is 281 g/mol. The van der Waals surface area contributed by atoms with Gasteiger partial charge in [-0.1, -0.05) is 0 Å². The van der Waals surface area contributed by atoms with Crippen LogP contribution in [0.2, 0.25) is 0 Å². The summed E-state index contributed by atoms with van der Waals surface area (Å²) in [6.07, 6.45) is 0. The highest BCUT2D eigenvalue weighted by Gasteiger charge is 2.14. The summed E-state index contributed by atoms with van der Waals surface area (Å²) in [5.41, 5.74) is 2.64. The van der Waals surface area contributed by atoms with Crippen LogP contribution in [-0.2, 0) is 4.74 Å². The summed E-state index contributed by atoms with van der Waals surface area (Å²) >= 11 is 0. The van der Waals surface area contributed by atoms with Crippen molar-refractivity contribution in [1.82, 2.24) is 10.4 Å². The molecule has 1 heterocycles. The molecule has 0 aromatic heterocycles. The quantitative estimate of drug-likeness (QED) is 0.599. The van der Waals surface area contributed by atoms with Gasteiger partial charge in [-0.05, 0) is 18.2 Å². The zero-order valence-corrected chi connectivity index (χ0v) is 10.6. The number of carbonyl (C=O) groups is 2. The van der Waals surface area contributed by atoms with Crippen molar-refractivity contribution in [2.24, 2.45) is 0 Å². The van der Waals surface area contributed by atoms with Crippen molar-refractivity contribution >= 4 is 17.7 Å². The highest BCUT2D eigenvalue weighted by atomic mass is 16.5. The highest BCUT2D eigenvalue weighted by Crippen LogP contribution is 2.21. The van der Waals surface area contributed by atoms with Crippen LogP contribution in [0.1, 0.15) is 10.4 Å². The van der Waals surface area contributed by atoms with Crippen molar-refractivity contribution in [2.45, 2.75) is 0 Å². The Morgan fingerprint density at radius 2 is 1.95 bits per heavy atom. The Morgan fingerprint density at radius 1 is 1.25 bits per heavy atom. The van der Waals surface area contributed by atoms with E-state index in [0.717, 1.165) is 0 Å². The van der Waals surface area contributed by atoms with Crippen molar-refractivity contribution in [1.29, 1.82) is 0 Å². The minimum Gasteiger partial charge on any atom is -0.507 e. The van der Waals surface area contributed by atoms with Crippen LogP contribution in [0, 0.1) is 0 Å². The number of anilines is 1. The number of aromatic carboxylic acids is 1. The first-order valence-electron chi connectivity index (χ1n) is 6.03. The zero-order chi connectivity index (χ0) is 14.5. The molecule has 2 rings (SSSR count). The molecule has 1 aliphatic heterocycles. The summed E-state index contributed by atoms with van der Waals surface area (Å²) in [7, 11) is 0. The number of hydrogen-bond donors (Lipinski definition) is 4. The fraction of sp³-hybridized carbons (Fsp3) is 0.333. The third-order valence-electron chi connectivity index (χ3n) is 2.76. The SMILES string of the molecule is O=C(Nc1ccc(O)c(C(=O)O)c1)NN1CCOCC1. The first-order chi connectivity index (χ1) is 9.56. The maximum absolute atomic E-state index is 11.7. The monoisotopic (exact) mass is 281 g/mol. The van der Waals surface area contributed by atoms with Gasteiger partial charge in [0.25, 0.3) is 0 Å². The van der Waals surface area contributed by atoms with E-state index < -0.39 is 12.0 Å². The van der Waals surface area contributed by atoms with E-state index in [-0.39, 0.29) is 17.0 Å². The van der Waals surface area contributed by atoms with E-state index in [1.807, 2.05) is 0 Å². The molecule has 1 saturated heterocycles. The van der Waals surface area contributed by atoms with Gasteiger partial charge in [0.05, 0.1) is 13.2 Å². The summed E-state index contributed by atoms with van der Waals surface area (Å²) in [4.78, 5) is 22.6. The number of nitrogens with one attached hydrogen (secondary N) is 2. The number of hydrazine groups is 1. The molecule has 0 aliphatic carbocycles. The molecule has 0 bridgehead atoms. The number of morpholine rings is 1. The largest absolute Gasteiger partial charge is 0.507 e. The maximum Gasteiger partial charge on any atom is 0.339 e. The molecule has 2 amide bonds. The summed E-state index contributed by atoms with van der Waals surface area (Å²) < 4.78 is 5.15. The fourth-order valence-electron chi connectivity index (χ4n) is 1.76. The molecule has 8 heteroatoms. The molecule has 0 spiro atoms. The second-order valence-corrected chi connectivity index (χ2v) is 4.20. The van der Waals surface area contributed by atoms with Crippen LogP contribution in [-0.4, -0.2) is 53.5 Å². The third kappa shape index (κ3) is 3.59. The molecule has 1 fully saturated rings. The number of carboxylic acids is 1. The number of urea groups is 1. The standard InChI is InChI=1S/C12H15N3O5/c16-10-2-1-8(7-9(10)11(17)18)13-12(19)14-15-3-5-20-6-4-15/h1-2,7,16H,3-6H2,(H,17,18)(H2,13,14,19). The van der Waals surface area contributed by atoms with Gasteiger partial charge in [-0.3, -0.25) is 5.43 Å². The van der Waals surface area contributed by atoms with Crippen LogP contribution in [0.3, 0.4) is 0 Å². The van der Waals surface area contributed by atoms with Gasteiger partial charge in [-0.25, -0.2) is 14.6 Å². The fourth-order valence-corrected chi connectivity index (χ4v) is 1.76. The van der Waals surface area contributed by atoms with Gasteiger partial charge in [0.15, 0.2) is 0 Å². The lowest BCUT2D eigenvalue weighted by molar-refractivity contribution is 0.0207. The van der Waals surface area contributed by atoms with Crippen LogP contribution >= 0.6 is 0 Å². The van der Waals surface area contributed by atoms with E-state index in [1.54, 1.807) is 5.01 Å². The number of aromatic hydroxyl groups is 1. The van der Waals surface area contributed by atoms with E-state index in [0.29, 0.717) is 26.3 Å². The second kappa shape index (κ2) is 6.22. The lowest BCUT2D eigenvalue weighted by atomic mass is 10.2. The number of ether oxygens (including phenoxy) is 1. The number of carboxylic acid groups (broad SMARTS) is 1. The molecule has 1 aliphatic rings. The predicted octanol–water partition coefficient (Wildman–Crippen LogP) is 0.459. The average Bonchev–Trinajstić information content (AvgIpc) is 2.41. The Bertz CT molecular complexity index is 514. The number of amides is 2. The summed E-state index contributed by atoms with van der Waals surface area (Å²) in [6.45, 7) is 2.26. The number of hydrogen-bond acceptors (Lipinski definition) is 5. The number of rotatable bonds is 3. The normalized spacial score (nSPS) is 15.6. The van der Waals surface area contributed by atoms with Gasteiger partial charge in [0, 0.05) is 18.8 Å². The van der Waals surface area contributed by atoms with Crippen molar-refractivity contribution in [3.63, 3.8) is 0 Å². The number of nitrogens with zero attached hydrogens (tertiary/aromatic N) is 1. The van der Waals surface area contributed by atoms with Crippen LogP contribution in [0.15, 0.2) is 18.2 Å². The topological polar surface area (TPSA) is 111 Å². The van der Waals surface area contributed by atoms with E-state index in [2.05, 4.69) is 10.7 Å². The van der Waals surface area contributed by atoms with Gasteiger partial charge < -0.3 is 20.3 Å². The van der Waals surface area contributed by atoms with E-state index in [4.69, 9.17) is 9.84 Å². The molecular formula is C12H15N3O5. The molecule has 4 N–H and O–H groups in total. The molecule has 0 saturated carbocycles. The highest BCUT2D eigenvalue weighted by molar-refractivity contribution is 5.94. The second-order valence-electron chi connectivity index (χ2n) is 4.20. The summed E-state index contributed by atoms with van der Waals surface area (Å²) in [6, 6.07) is 3.35. The maximum atomic E-state index is 11.7. The zero-order valence-electron chi connectivity index (χ0n) is 10.6. The van der Waals surface area contributed by atoms with Gasteiger partial charge >= 0.3 is 12.0 Å². The first kappa shape index (κ1) is 14.1. The number of carbonyl (C=O) groups excluding carboxylic acids is 1. The van der Waals surface area contributed by atoms with E-state index in [9.17, 15) is 14.7 Å². The molecule has 8 nitrogen and oxygen atoms in total. The minimum absolute atomic E-state index is 0.269. The lowest BCUT2D eigenvalue weighted by Crippen LogP contribution is -2.49. The van der Waals surface area contributed by atoms with Gasteiger partial charge in [0.1, 0.15) is 11.3 Å². The van der Waals surface area contributed by atoms with Crippen LogP contribution in [0.5, 0.6) is 5.75 Å². The van der Waals surface area contributed by atoms with Crippen molar-refractivity contribution in [2.75, 3.05) is 31.6 Å². The van der Waals surface area contributed by atoms with Gasteiger partial charge in [-0.15, -0.1) is 0 Å². The van der Waals surface area contributed by atoms with E-state index in [1.165, 1.54) is 18.2 Å². The van der Waals surface area contributed by atoms with Crippen LogP contribution in [0.25, 0.3) is 0 Å². The molecule has 0 unspecified atom stereocenters. The Kier molecular flexibility index (Phi) is 4.38. The first-order valence-corrected chi connectivity index (χ1v) is 6.03. The van der Waals surface area contributed by atoms with Crippen molar-refractivity contribution in [3.8, 4) is 5.75 Å². The van der Waals surface area contributed by atoms with Crippen molar-refractivity contribution < 1.29 is 24.5 Å². The van der Waals surface area contributed by atoms with Crippen LogP contribution in [0.4, 0.5) is 10.5 Å². The molecular weight excluding hydrogens is 266 g/mol. The smallest absolute Gasteiger partial charge is 0.339 e.